The first kappa shape index (κ1) is 12.0. The molecule has 0 aromatic heterocycles. The zero-order valence-electron chi connectivity index (χ0n) is 8.94. The van der Waals surface area contributed by atoms with Crippen molar-refractivity contribution in [2.75, 3.05) is 7.05 Å². The molecule has 1 aromatic carbocycles. The highest BCUT2D eigenvalue weighted by Crippen LogP contribution is 2.32. The Morgan fingerprint density at radius 2 is 1.53 bits per heavy atom. The van der Waals surface area contributed by atoms with E-state index in [2.05, 4.69) is 5.32 Å². The Hall–Kier alpha value is -1.03. The Morgan fingerprint density at radius 1 is 1.07 bits per heavy atom. The van der Waals surface area contributed by atoms with Crippen molar-refractivity contribution in [1.29, 1.82) is 0 Å². The second-order valence-electron chi connectivity index (χ2n) is 3.68. The Kier molecular flexibility index (Phi) is 3.39. The Balaban J connectivity index is 3.13. The van der Waals surface area contributed by atoms with Gasteiger partial charge in [-0.15, -0.1) is 0 Å². The van der Waals surface area contributed by atoms with E-state index in [4.69, 9.17) is 0 Å². The number of hydrogen-bond acceptors (Lipinski definition) is 1. The van der Waals surface area contributed by atoms with Gasteiger partial charge in [-0.1, -0.05) is 29.3 Å². The fraction of sp³-hybridized carbons (Fsp3) is 0.455. The molecule has 0 radical (unpaired) electrons. The molecular weight excluding hydrogens is 203 g/mol. The van der Waals surface area contributed by atoms with E-state index in [9.17, 15) is 13.2 Å². The van der Waals surface area contributed by atoms with Crippen LogP contribution in [0, 0.1) is 13.8 Å². The summed E-state index contributed by atoms with van der Waals surface area (Å²) in [6, 6.07) is 3.38. The number of nitrogens with one attached hydrogen (secondary N) is 1. The molecule has 1 N–H and O–H groups in total. The minimum absolute atomic E-state index is 0.266. The lowest BCUT2D eigenvalue weighted by Crippen LogP contribution is -2.31. The van der Waals surface area contributed by atoms with Crippen LogP contribution in [0.3, 0.4) is 0 Å². The van der Waals surface area contributed by atoms with Gasteiger partial charge in [-0.2, -0.15) is 13.2 Å². The van der Waals surface area contributed by atoms with Crippen molar-refractivity contribution < 1.29 is 13.2 Å². The molecule has 0 aliphatic carbocycles. The first-order valence-corrected chi connectivity index (χ1v) is 4.67. The van der Waals surface area contributed by atoms with Gasteiger partial charge >= 0.3 is 6.18 Å². The second kappa shape index (κ2) is 4.23. The third-order valence-electron chi connectivity index (χ3n) is 2.19. The largest absolute Gasteiger partial charge is 0.407 e. The van der Waals surface area contributed by atoms with E-state index in [1.54, 1.807) is 26.0 Å². The molecule has 0 heterocycles. The van der Waals surface area contributed by atoms with Gasteiger partial charge in [-0.25, -0.2) is 0 Å². The maximum atomic E-state index is 12.6. The molecule has 0 amide bonds. The van der Waals surface area contributed by atoms with Gasteiger partial charge in [0.1, 0.15) is 6.04 Å². The summed E-state index contributed by atoms with van der Waals surface area (Å²) in [6.45, 7) is 3.58. The Labute approximate surface area is 87.3 Å². The van der Waals surface area contributed by atoms with Gasteiger partial charge in [-0.05, 0) is 26.5 Å². The van der Waals surface area contributed by atoms with Crippen LogP contribution in [0.5, 0.6) is 0 Å². The van der Waals surface area contributed by atoms with Crippen LogP contribution in [0.1, 0.15) is 22.7 Å². The van der Waals surface area contributed by atoms with Crippen LogP contribution >= 0.6 is 0 Å². The molecule has 0 saturated heterocycles. The third-order valence-corrected chi connectivity index (χ3v) is 2.19. The summed E-state index contributed by atoms with van der Waals surface area (Å²) >= 11 is 0. The standard InChI is InChI=1S/C11H14F3N/c1-7-4-8(2)6-9(5-7)10(15-3)11(12,13)14/h4-6,10,15H,1-3H3. The van der Waals surface area contributed by atoms with Gasteiger partial charge < -0.3 is 5.32 Å². The summed E-state index contributed by atoms with van der Waals surface area (Å²) in [6.07, 6.45) is -4.25. The molecule has 1 rings (SSSR count). The fourth-order valence-electron chi connectivity index (χ4n) is 1.70. The summed E-state index contributed by atoms with van der Waals surface area (Å²) < 4.78 is 37.8. The van der Waals surface area contributed by atoms with Crippen molar-refractivity contribution in [3.8, 4) is 0 Å². The number of halogens is 3. The highest BCUT2D eigenvalue weighted by Gasteiger charge is 2.39. The van der Waals surface area contributed by atoms with E-state index in [0.717, 1.165) is 11.1 Å². The van der Waals surface area contributed by atoms with Crippen molar-refractivity contribution in [1.82, 2.24) is 5.32 Å². The summed E-state index contributed by atoms with van der Waals surface area (Å²) in [4.78, 5) is 0. The van der Waals surface area contributed by atoms with Gasteiger partial charge in [0.15, 0.2) is 0 Å². The number of alkyl halides is 3. The average molecular weight is 217 g/mol. The summed E-state index contributed by atoms with van der Waals surface area (Å²) in [5, 5.41) is 2.29. The van der Waals surface area contributed by atoms with Crippen LogP contribution in [-0.4, -0.2) is 13.2 Å². The van der Waals surface area contributed by atoms with Gasteiger partial charge in [-0.3, -0.25) is 0 Å². The third kappa shape index (κ3) is 2.96. The monoisotopic (exact) mass is 217 g/mol. The van der Waals surface area contributed by atoms with Crippen LogP contribution in [0.25, 0.3) is 0 Å². The molecule has 0 fully saturated rings. The van der Waals surface area contributed by atoms with E-state index >= 15 is 0 Å². The molecule has 1 nitrogen and oxygen atoms in total. The smallest absolute Gasteiger partial charge is 0.306 e. The maximum absolute atomic E-state index is 12.6. The highest BCUT2D eigenvalue weighted by molar-refractivity contribution is 5.31. The summed E-state index contributed by atoms with van der Waals surface area (Å²) in [7, 11) is 1.32. The summed E-state index contributed by atoms with van der Waals surface area (Å²) in [5.41, 5.74) is 1.95. The molecule has 0 spiro atoms. The SMILES string of the molecule is CNC(c1cc(C)cc(C)c1)C(F)(F)F. The van der Waals surface area contributed by atoms with E-state index in [1.165, 1.54) is 7.05 Å². The van der Waals surface area contributed by atoms with Gasteiger partial charge in [0.25, 0.3) is 0 Å². The summed E-state index contributed by atoms with van der Waals surface area (Å²) in [5.74, 6) is 0. The quantitative estimate of drug-likeness (QED) is 0.802. The predicted molar refractivity (Wildman–Crippen MR) is 53.8 cm³/mol. The molecular formula is C11H14F3N. The Morgan fingerprint density at radius 3 is 1.87 bits per heavy atom. The highest BCUT2D eigenvalue weighted by atomic mass is 19.4. The normalized spacial score (nSPS) is 14.0. The fourth-order valence-corrected chi connectivity index (χ4v) is 1.70. The van der Waals surface area contributed by atoms with Crippen molar-refractivity contribution >= 4 is 0 Å². The first-order valence-electron chi connectivity index (χ1n) is 4.67. The maximum Gasteiger partial charge on any atom is 0.407 e. The van der Waals surface area contributed by atoms with E-state index in [0.29, 0.717) is 0 Å². The number of aryl methyl sites for hydroxylation is 2. The molecule has 0 saturated carbocycles. The van der Waals surface area contributed by atoms with Gasteiger partial charge in [0.2, 0.25) is 0 Å². The van der Waals surface area contributed by atoms with E-state index in [1.807, 2.05) is 6.07 Å². The van der Waals surface area contributed by atoms with Crippen molar-refractivity contribution in [2.24, 2.45) is 0 Å². The van der Waals surface area contributed by atoms with E-state index < -0.39 is 12.2 Å². The molecule has 1 aromatic rings. The van der Waals surface area contributed by atoms with E-state index in [-0.39, 0.29) is 5.56 Å². The van der Waals surface area contributed by atoms with Crippen LogP contribution in [0.15, 0.2) is 18.2 Å². The zero-order valence-corrected chi connectivity index (χ0v) is 8.94. The number of hydrogen-bond donors (Lipinski definition) is 1. The molecule has 0 bridgehead atoms. The number of rotatable bonds is 2. The minimum atomic E-state index is -4.25. The van der Waals surface area contributed by atoms with Crippen LogP contribution in [0.2, 0.25) is 0 Å². The zero-order chi connectivity index (χ0) is 11.6. The lowest BCUT2D eigenvalue weighted by molar-refractivity contribution is -0.156. The van der Waals surface area contributed by atoms with Crippen molar-refractivity contribution in [3.63, 3.8) is 0 Å². The topological polar surface area (TPSA) is 12.0 Å². The lowest BCUT2D eigenvalue weighted by Gasteiger charge is -2.20. The number of benzene rings is 1. The first-order chi connectivity index (χ1) is 6.84. The molecule has 0 aliphatic heterocycles. The van der Waals surface area contributed by atoms with Crippen LogP contribution in [0.4, 0.5) is 13.2 Å². The average Bonchev–Trinajstić information content (AvgIpc) is 1.99. The van der Waals surface area contributed by atoms with Crippen molar-refractivity contribution in [3.05, 3.63) is 34.9 Å². The van der Waals surface area contributed by atoms with Gasteiger partial charge in [0.05, 0.1) is 0 Å². The molecule has 0 aliphatic rings. The Bertz CT molecular complexity index is 324. The minimum Gasteiger partial charge on any atom is -0.306 e. The second-order valence-corrected chi connectivity index (χ2v) is 3.68. The predicted octanol–water partition coefficient (Wildman–Crippen LogP) is 3.13. The lowest BCUT2D eigenvalue weighted by atomic mass is 10.0. The van der Waals surface area contributed by atoms with Gasteiger partial charge in [0, 0.05) is 0 Å². The molecule has 1 atom stereocenters. The molecule has 84 valence electrons. The molecule has 1 unspecified atom stereocenters. The van der Waals surface area contributed by atoms with Crippen molar-refractivity contribution in [2.45, 2.75) is 26.1 Å². The molecule has 15 heavy (non-hydrogen) atoms. The molecule has 4 heteroatoms. The van der Waals surface area contributed by atoms with Crippen LogP contribution < -0.4 is 5.32 Å². The van der Waals surface area contributed by atoms with Crippen LogP contribution in [-0.2, 0) is 0 Å².